The highest BCUT2D eigenvalue weighted by molar-refractivity contribution is 7.10. The number of aromatic nitrogens is 2. The minimum Gasteiger partial charge on any atom is -0.394 e. The summed E-state index contributed by atoms with van der Waals surface area (Å²) in [6.45, 7) is 3.23. The van der Waals surface area contributed by atoms with Crippen molar-refractivity contribution < 1.29 is 9.84 Å². The minimum absolute atomic E-state index is 0.0935. The number of hydrogen-bond acceptors (Lipinski definition) is 8. The highest BCUT2D eigenvalue weighted by atomic mass is 32.1. The number of anilines is 1. The Morgan fingerprint density at radius 2 is 2.28 bits per heavy atom. The fourth-order valence-electron chi connectivity index (χ4n) is 2.09. The molecule has 0 radical (unpaired) electrons. The van der Waals surface area contributed by atoms with Gasteiger partial charge in [-0.1, -0.05) is 4.49 Å². The molecule has 2 heterocycles. The van der Waals surface area contributed by atoms with E-state index in [9.17, 15) is 0 Å². The van der Waals surface area contributed by atoms with Gasteiger partial charge < -0.3 is 15.3 Å². The SMILES string of the molecule is NNc1snnc1CN1CCC(OCCO)CC1. The van der Waals surface area contributed by atoms with Gasteiger partial charge in [-0.2, -0.15) is 0 Å². The van der Waals surface area contributed by atoms with Crippen LogP contribution in [-0.4, -0.2) is 52.0 Å². The lowest BCUT2D eigenvalue weighted by Gasteiger charge is -2.31. The van der Waals surface area contributed by atoms with Gasteiger partial charge in [0.15, 0.2) is 0 Å². The van der Waals surface area contributed by atoms with Gasteiger partial charge in [-0.05, 0) is 12.8 Å². The molecule has 1 fully saturated rings. The summed E-state index contributed by atoms with van der Waals surface area (Å²) in [5, 5.41) is 13.6. The van der Waals surface area contributed by atoms with Gasteiger partial charge in [-0.3, -0.25) is 4.90 Å². The van der Waals surface area contributed by atoms with Crippen LogP contribution in [-0.2, 0) is 11.3 Å². The van der Waals surface area contributed by atoms with Crippen molar-refractivity contribution in [2.45, 2.75) is 25.5 Å². The predicted molar refractivity (Wildman–Crippen MR) is 69.1 cm³/mol. The Morgan fingerprint density at radius 3 is 2.94 bits per heavy atom. The average molecular weight is 273 g/mol. The molecule has 0 bridgehead atoms. The number of nitrogens with one attached hydrogen (secondary N) is 1. The monoisotopic (exact) mass is 273 g/mol. The first-order valence-corrected chi connectivity index (χ1v) is 6.83. The summed E-state index contributed by atoms with van der Waals surface area (Å²) in [5.41, 5.74) is 3.52. The normalized spacial score (nSPS) is 18.1. The molecule has 0 unspecified atom stereocenters. The summed E-state index contributed by atoms with van der Waals surface area (Å²) in [4.78, 5) is 2.32. The number of hydrogen-bond donors (Lipinski definition) is 3. The second kappa shape index (κ2) is 6.95. The van der Waals surface area contributed by atoms with E-state index in [-0.39, 0.29) is 12.7 Å². The van der Waals surface area contributed by atoms with Gasteiger partial charge in [-0.25, -0.2) is 5.84 Å². The fourth-order valence-corrected chi connectivity index (χ4v) is 2.57. The number of aliphatic hydroxyl groups is 1. The standard InChI is InChI=1S/C10H19N5O2S/c11-12-10-9(13-14-18-10)7-15-3-1-8(2-4-15)17-6-5-16/h8,12,16H,1-7,11H2. The summed E-state index contributed by atoms with van der Waals surface area (Å²) < 4.78 is 9.41. The lowest BCUT2D eigenvalue weighted by molar-refractivity contribution is -0.00916. The summed E-state index contributed by atoms with van der Waals surface area (Å²) in [6, 6.07) is 0. The molecule has 102 valence electrons. The third kappa shape index (κ3) is 3.59. The maximum Gasteiger partial charge on any atom is 0.148 e. The lowest BCUT2D eigenvalue weighted by Crippen LogP contribution is -2.37. The van der Waals surface area contributed by atoms with Gasteiger partial charge in [0.25, 0.3) is 0 Å². The molecule has 1 aromatic heterocycles. The molecule has 0 saturated carbocycles. The quantitative estimate of drug-likeness (QED) is 0.488. The molecule has 1 aromatic rings. The third-order valence-corrected chi connectivity index (χ3v) is 3.74. The van der Waals surface area contributed by atoms with Crippen LogP contribution in [0, 0.1) is 0 Å². The average Bonchev–Trinajstić information content (AvgIpc) is 2.85. The van der Waals surface area contributed by atoms with E-state index in [4.69, 9.17) is 15.7 Å². The van der Waals surface area contributed by atoms with Crippen molar-refractivity contribution in [3.63, 3.8) is 0 Å². The van der Waals surface area contributed by atoms with Crippen molar-refractivity contribution in [2.75, 3.05) is 31.7 Å². The number of rotatable bonds is 6. The van der Waals surface area contributed by atoms with Crippen LogP contribution >= 0.6 is 11.5 Å². The third-order valence-electron chi connectivity index (χ3n) is 3.04. The molecule has 2 rings (SSSR count). The smallest absolute Gasteiger partial charge is 0.148 e. The van der Waals surface area contributed by atoms with Gasteiger partial charge in [0, 0.05) is 31.2 Å². The topological polar surface area (TPSA) is 96.5 Å². The number of likely N-dealkylation sites (tertiary alicyclic amines) is 1. The van der Waals surface area contributed by atoms with Gasteiger partial charge >= 0.3 is 0 Å². The number of piperidine rings is 1. The van der Waals surface area contributed by atoms with Crippen LogP contribution in [0.15, 0.2) is 0 Å². The Kier molecular flexibility index (Phi) is 5.26. The van der Waals surface area contributed by atoms with Gasteiger partial charge in [0.2, 0.25) is 0 Å². The molecule has 0 atom stereocenters. The molecule has 1 aliphatic heterocycles. The van der Waals surface area contributed by atoms with Gasteiger partial charge in [0.1, 0.15) is 10.7 Å². The molecule has 7 nitrogen and oxygen atoms in total. The van der Waals surface area contributed by atoms with Crippen LogP contribution in [0.3, 0.4) is 0 Å². The molecular weight excluding hydrogens is 254 g/mol. The van der Waals surface area contributed by atoms with E-state index in [1.807, 2.05) is 0 Å². The number of nitrogens with zero attached hydrogens (tertiary/aromatic N) is 3. The van der Waals surface area contributed by atoms with Crippen molar-refractivity contribution in [3.05, 3.63) is 5.69 Å². The van der Waals surface area contributed by atoms with Crippen LogP contribution in [0.25, 0.3) is 0 Å². The van der Waals surface area contributed by atoms with Crippen LogP contribution in [0.2, 0.25) is 0 Å². The second-order valence-electron chi connectivity index (χ2n) is 4.26. The molecule has 0 amide bonds. The maximum absolute atomic E-state index is 8.71. The lowest BCUT2D eigenvalue weighted by atomic mass is 10.1. The number of nitrogens with two attached hydrogens (primary N) is 1. The Hall–Kier alpha value is -0.800. The van der Waals surface area contributed by atoms with E-state index in [1.165, 1.54) is 11.5 Å². The zero-order chi connectivity index (χ0) is 12.8. The number of hydrazine groups is 1. The zero-order valence-corrected chi connectivity index (χ0v) is 11.0. The molecule has 1 aliphatic rings. The molecule has 0 spiro atoms. The van der Waals surface area contributed by atoms with Crippen LogP contribution in [0.5, 0.6) is 0 Å². The molecule has 0 aliphatic carbocycles. The first-order valence-electron chi connectivity index (χ1n) is 6.06. The first kappa shape index (κ1) is 13.6. The number of ether oxygens (including phenoxy) is 1. The van der Waals surface area contributed by atoms with Gasteiger partial charge in [0.05, 0.1) is 19.3 Å². The van der Waals surface area contributed by atoms with E-state index in [0.717, 1.165) is 43.2 Å². The molecular formula is C10H19N5O2S. The Balaban J connectivity index is 1.76. The highest BCUT2D eigenvalue weighted by Gasteiger charge is 2.21. The molecule has 1 saturated heterocycles. The number of aliphatic hydroxyl groups excluding tert-OH is 1. The summed E-state index contributed by atoms with van der Waals surface area (Å²) >= 11 is 1.27. The largest absolute Gasteiger partial charge is 0.394 e. The predicted octanol–water partition coefficient (Wildman–Crippen LogP) is -0.203. The van der Waals surface area contributed by atoms with Crippen LogP contribution in [0.4, 0.5) is 5.00 Å². The Labute approximate surface area is 110 Å². The highest BCUT2D eigenvalue weighted by Crippen LogP contribution is 2.21. The van der Waals surface area contributed by atoms with Crippen molar-refractivity contribution in [2.24, 2.45) is 5.84 Å². The Bertz CT molecular complexity index is 354. The molecule has 4 N–H and O–H groups in total. The minimum atomic E-state index is 0.0935. The fraction of sp³-hybridized carbons (Fsp3) is 0.800. The van der Waals surface area contributed by atoms with Gasteiger partial charge in [-0.15, -0.1) is 5.10 Å². The zero-order valence-electron chi connectivity index (χ0n) is 10.2. The first-order chi connectivity index (χ1) is 8.83. The second-order valence-corrected chi connectivity index (χ2v) is 5.02. The summed E-state index contributed by atoms with van der Waals surface area (Å²) in [7, 11) is 0. The van der Waals surface area contributed by atoms with Crippen LogP contribution in [0.1, 0.15) is 18.5 Å². The van der Waals surface area contributed by atoms with E-state index < -0.39 is 0 Å². The summed E-state index contributed by atoms with van der Waals surface area (Å²) in [5.74, 6) is 5.40. The number of nitrogen functional groups attached to an aromatic ring is 1. The van der Waals surface area contributed by atoms with Crippen molar-refractivity contribution in [1.29, 1.82) is 0 Å². The van der Waals surface area contributed by atoms with E-state index in [1.54, 1.807) is 0 Å². The van der Waals surface area contributed by atoms with Crippen LogP contribution < -0.4 is 11.3 Å². The van der Waals surface area contributed by atoms with Crippen molar-refractivity contribution in [3.8, 4) is 0 Å². The maximum atomic E-state index is 8.71. The van der Waals surface area contributed by atoms with E-state index in [0.29, 0.717) is 6.61 Å². The van der Waals surface area contributed by atoms with Crippen molar-refractivity contribution in [1.82, 2.24) is 14.5 Å². The van der Waals surface area contributed by atoms with E-state index >= 15 is 0 Å². The summed E-state index contributed by atoms with van der Waals surface area (Å²) in [6.07, 6.45) is 2.25. The van der Waals surface area contributed by atoms with Crippen molar-refractivity contribution >= 4 is 16.5 Å². The molecule has 0 aromatic carbocycles. The Morgan fingerprint density at radius 1 is 1.50 bits per heavy atom. The van der Waals surface area contributed by atoms with E-state index in [2.05, 4.69) is 19.9 Å². The molecule has 18 heavy (non-hydrogen) atoms. The molecule has 8 heteroatoms.